The van der Waals surface area contributed by atoms with Gasteiger partial charge in [-0.15, -0.1) is 0 Å². The number of nitrogen functional groups attached to an aromatic ring is 1. The maximum Gasteiger partial charge on any atom is 0.419 e. The van der Waals surface area contributed by atoms with Crippen LogP contribution in [0.15, 0.2) is 36.7 Å². The number of alkyl halides is 3. The van der Waals surface area contributed by atoms with E-state index in [1.54, 1.807) is 24.3 Å². The van der Waals surface area contributed by atoms with Gasteiger partial charge in [0.1, 0.15) is 13.2 Å². The normalized spacial score (nSPS) is 13.8. The first-order valence-electron chi connectivity index (χ1n) is 10.8. The smallest absolute Gasteiger partial charge is 0.419 e. The van der Waals surface area contributed by atoms with Gasteiger partial charge in [0, 0.05) is 25.5 Å². The van der Waals surface area contributed by atoms with Crippen molar-refractivity contribution in [1.82, 2.24) is 19.9 Å². The second-order valence-electron chi connectivity index (χ2n) is 7.34. The topological polar surface area (TPSA) is 127 Å². The van der Waals surface area contributed by atoms with Crippen LogP contribution < -0.4 is 29.6 Å². The maximum atomic E-state index is 12.7. The summed E-state index contributed by atoms with van der Waals surface area (Å²) >= 11 is 0. The Bertz CT molecular complexity index is 1160. The predicted molar refractivity (Wildman–Crippen MR) is 121 cm³/mol. The van der Waals surface area contributed by atoms with Gasteiger partial charge in [0.15, 0.2) is 17.3 Å². The lowest BCUT2D eigenvalue weighted by Gasteiger charge is -2.27. The highest BCUT2D eigenvalue weighted by atomic mass is 19.4. The van der Waals surface area contributed by atoms with E-state index in [0.29, 0.717) is 56.1 Å². The van der Waals surface area contributed by atoms with Crippen LogP contribution in [0.1, 0.15) is 5.56 Å². The van der Waals surface area contributed by atoms with Gasteiger partial charge >= 0.3 is 12.2 Å². The Morgan fingerprint density at radius 3 is 2.33 bits per heavy atom. The number of morpholine rings is 1. The number of nitrogens with two attached hydrogens (primary N) is 1. The van der Waals surface area contributed by atoms with Gasteiger partial charge in [-0.2, -0.15) is 23.1 Å². The fourth-order valence-electron chi connectivity index (χ4n) is 3.15. The predicted octanol–water partition coefficient (Wildman–Crippen LogP) is 2.96. The summed E-state index contributed by atoms with van der Waals surface area (Å²) in [7, 11) is 1.50. The molecule has 0 amide bonds. The van der Waals surface area contributed by atoms with E-state index in [2.05, 4.69) is 19.9 Å². The van der Waals surface area contributed by atoms with Crippen LogP contribution in [-0.2, 0) is 10.9 Å². The first-order chi connectivity index (χ1) is 17.3. The molecule has 0 spiro atoms. The Morgan fingerprint density at radius 1 is 1.00 bits per heavy atom. The van der Waals surface area contributed by atoms with E-state index >= 15 is 0 Å². The maximum absolute atomic E-state index is 12.7. The summed E-state index contributed by atoms with van der Waals surface area (Å²) in [5.74, 6) is 1.33. The average Bonchev–Trinajstić information content (AvgIpc) is 2.88. The van der Waals surface area contributed by atoms with Crippen molar-refractivity contribution < 1.29 is 36.9 Å². The lowest BCUT2D eigenvalue weighted by Crippen LogP contribution is -2.37. The standard InChI is InChI=1S/C22H23F3N6O5/c1-32-15-4-2-3-5-16(15)36-17-18(26)29-20(31-6-8-33-9-7-31)30-19(17)34-10-11-35-21-27-12-14(13-28-21)22(23,24)25/h2-5,12-13H,6-11H2,1H3,(H2,26,29,30). The van der Waals surface area contributed by atoms with E-state index in [0.717, 1.165) is 0 Å². The molecular weight excluding hydrogens is 485 g/mol. The number of anilines is 2. The summed E-state index contributed by atoms with van der Waals surface area (Å²) in [6, 6.07) is 6.71. The van der Waals surface area contributed by atoms with Gasteiger partial charge in [-0.05, 0) is 12.1 Å². The van der Waals surface area contributed by atoms with E-state index in [-0.39, 0.29) is 36.7 Å². The molecule has 36 heavy (non-hydrogen) atoms. The zero-order valence-corrected chi connectivity index (χ0v) is 19.2. The SMILES string of the molecule is COc1ccccc1Oc1c(N)nc(N2CCOCC2)nc1OCCOc1ncc(C(F)(F)F)cn1. The molecule has 1 aliphatic rings. The lowest BCUT2D eigenvalue weighted by molar-refractivity contribution is -0.138. The van der Waals surface area contributed by atoms with Gasteiger partial charge in [0.2, 0.25) is 11.7 Å². The summed E-state index contributed by atoms with van der Waals surface area (Å²) in [4.78, 5) is 17.8. The largest absolute Gasteiger partial charge is 0.493 e. The van der Waals surface area contributed by atoms with Crippen molar-refractivity contribution in [3.05, 3.63) is 42.2 Å². The zero-order valence-electron chi connectivity index (χ0n) is 19.2. The molecule has 0 saturated carbocycles. The minimum Gasteiger partial charge on any atom is -0.493 e. The van der Waals surface area contributed by atoms with Crippen LogP contribution in [0.2, 0.25) is 0 Å². The molecule has 1 aliphatic heterocycles. The van der Waals surface area contributed by atoms with Gasteiger partial charge in [0.25, 0.3) is 5.88 Å². The van der Waals surface area contributed by atoms with Crippen molar-refractivity contribution in [1.29, 1.82) is 0 Å². The fraction of sp³-hybridized carbons (Fsp3) is 0.364. The van der Waals surface area contributed by atoms with E-state index in [4.69, 9.17) is 29.4 Å². The Kier molecular flexibility index (Phi) is 7.73. The van der Waals surface area contributed by atoms with Crippen molar-refractivity contribution in [3.63, 3.8) is 0 Å². The van der Waals surface area contributed by atoms with Crippen LogP contribution in [-0.4, -0.2) is 66.6 Å². The minimum atomic E-state index is -4.54. The van der Waals surface area contributed by atoms with Gasteiger partial charge in [0.05, 0.1) is 25.9 Å². The fourth-order valence-corrected chi connectivity index (χ4v) is 3.15. The summed E-state index contributed by atoms with van der Waals surface area (Å²) in [5, 5.41) is 0. The van der Waals surface area contributed by atoms with E-state index in [1.165, 1.54) is 7.11 Å². The molecule has 1 fully saturated rings. The first kappa shape index (κ1) is 25.0. The molecule has 0 atom stereocenters. The number of ether oxygens (including phenoxy) is 5. The van der Waals surface area contributed by atoms with Crippen LogP contribution >= 0.6 is 0 Å². The van der Waals surface area contributed by atoms with Crippen LogP contribution in [0.3, 0.4) is 0 Å². The Balaban J connectivity index is 1.50. The van der Waals surface area contributed by atoms with Crippen LogP contribution in [0.5, 0.6) is 29.1 Å². The molecular formula is C22H23F3N6O5. The molecule has 14 heteroatoms. The van der Waals surface area contributed by atoms with Crippen molar-refractivity contribution >= 4 is 11.8 Å². The number of aromatic nitrogens is 4. The van der Waals surface area contributed by atoms with E-state index in [9.17, 15) is 13.2 Å². The monoisotopic (exact) mass is 508 g/mol. The summed E-state index contributed by atoms with van der Waals surface area (Å²) in [5.41, 5.74) is 5.24. The molecule has 2 aromatic heterocycles. The molecule has 0 aliphatic carbocycles. The molecule has 3 aromatic rings. The Hall–Kier alpha value is -4.07. The molecule has 1 saturated heterocycles. The van der Waals surface area contributed by atoms with Gasteiger partial charge in [-0.25, -0.2) is 9.97 Å². The molecule has 0 radical (unpaired) electrons. The second-order valence-corrected chi connectivity index (χ2v) is 7.34. The third kappa shape index (κ3) is 6.13. The number of para-hydroxylation sites is 2. The number of benzene rings is 1. The highest BCUT2D eigenvalue weighted by Gasteiger charge is 2.31. The quantitative estimate of drug-likeness (QED) is 0.429. The van der Waals surface area contributed by atoms with E-state index < -0.39 is 11.7 Å². The second kappa shape index (κ2) is 11.1. The van der Waals surface area contributed by atoms with Gasteiger partial charge in [-0.1, -0.05) is 12.1 Å². The number of halogens is 3. The molecule has 11 nitrogen and oxygen atoms in total. The number of methoxy groups -OCH3 is 1. The summed E-state index contributed by atoms with van der Waals surface area (Å²) < 4.78 is 65.7. The molecule has 2 N–H and O–H groups in total. The van der Waals surface area contributed by atoms with Crippen molar-refractivity contribution in [3.8, 4) is 29.1 Å². The number of rotatable bonds is 9. The third-order valence-electron chi connectivity index (χ3n) is 4.93. The van der Waals surface area contributed by atoms with Crippen molar-refractivity contribution in [2.45, 2.75) is 6.18 Å². The highest BCUT2D eigenvalue weighted by Crippen LogP contribution is 2.39. The molecule has 192 valence electrons. The summed E-state index contributed by atoms with van der Waals surface area (Å²) in [6.07, 6.45) is -3.26. The van der Waals surface area contributed by atoms with Crippen molar-refractivity contribution in [2.75, 3.05) is 57.3 Å². The molecule has 0 bridgehead atoms. The Morgan fingerprint density at radius 2 is 1.67 bits per heavy atom. The molecule has 1 aromatic carbocycles. The first-order valence-corrected chi connectivity index (χ1v) is 10.8. The van der Waals surface area contributed by atoms with Crippen LogP contribution in [0, 0.1) is 0 Å². The van der Waals surface area contributed by atoms with Crippen LogP contribution in [0.4, 0.5) is 24.9 Å². The number of hydrogen-bond acceptors (Lipinski definition) is 11. The van der Waals surface area contributed by atoms with Crippen LogP contribution in [0.25, 0.3) is 0 Å². The third-order valence-corrected chi connectivity index (χ3v) is 4.93. The molecule has 3 heterocycles. The van der Waals surface area contributed by atoms with Gasteiger partial charge in [-0.3, -0.25) is 0 Å². The summed E-state index contributed by atoms with van der Waals surface area (Å²) in [6.45, 7) is 2.02. The van der Waals surface area contributed by atoms with E-state index in [1.807, 2.05) is 4.90 Å². The van der Waals surface area contributed by atoms with Crippen molar-refractivity contribution in [2.24, 2.45) is 0 Å². The minimum absolute atomic E-state index is 0.0411. The zero-order chi connectivity index (χ0) is 25.5. The molecule has 0 unspecified atom stereocenters. The average molecular weight is 508 g/mol. The highest BCUT2D eigenvalue weighted by molar-refractivity contribution is 5.59. The molecule has 4 rings (SSSR count). The number of nitrogens with zero attached hydrogens (tertiary/aromatic N) is 5. The Labute approximate surface area is 204 Å². The lowest BCUT2D eigenvalue weighted by atomic mass is 10.3. The van der Waals surface area contributed by atoms with Gasteiger partial charge < -0.3 is 34.3 Å². The number of hydrogen-bond donors (Lipinski definition) is 1.